The number of hydrogen-bond acceptors (Lipinski definition) is 6. The Morgan fingerprint density at radius 3 is 2.21 bits per heavy atom. The molecule has 0 bridgehead atoms. The lowest BCUT2D eigenvalue weighted by Crippen LogP contribution is -2.50. The van der Waals surface area contributed by atoms with Gasteiger partial charge in [-0.15, -0.1) is 11.8 Å². The lowest BCUT2D eigenvalue weighted by Gasteiger charge is -2.35. The van der Waals surface area contributed by atoms with Gasteiger partial charge in [0, 0.05) is 55.1 Å². The number of carbonyl (C=O) groups is 2. The van der Waals surface area contributed by atoms with Crippen LogP contribution in [0, 0.1) is 0 Å². The minimum Gasteiger partial charge on any atom is -0.497 e. The zero-order valence-corrected chi connectivity index (χ0v) is 19.9. The van der Waals surface area contributed by atoms with E-state index in [9.17, 15) is 9.59 Å². The van der Waals surface area contributed by atoms with Crippen LogP contribution in [-0.4, -0.2) is 80.5 Å². The summed E-state index contributed by atoms with van der Waals surface area (Å²) in [5.41, 5.74) is 1.24. The third kappa shape index (κ3) is 5.62. The van der Waals surface area contributed by atoms with Crippen LogP contribution in [0.1, 0.15) is 33.6 Å². The summed E-state index contributed by atoms with van der Waals surface area (Å²) in [5, 5.41) is 0. The fourth-order valence-electron chi connectivity index (χ4n) is 4.12. The molecule has 0 saturated carbocycles. The summed E-state index contributed by atoms with van der Waals surface area (Å²) in [6.45, 7) is 2.79. The zero-order chi connectivity index (χ0) is 23.2. The molecule has 0 spiro atoms. The summed E-state index contributed by atoms with van der Waals surface area (Å²) in [6.07, 6.45) is 2.46. The van der Waals surface area contributed by atoms with Crippen LogP contribution in [0.4, 0.5) is 0 Å². The molecule has 2 aromatic carbocycles. The highest BCUT2D eigenvalue weighted by Crippen LogP contribution is 2.28. The van der Waals surface area contributed by atoms with Gasteiger partial charge in [0.25, 0.3) is 11.8 Å². The van der Waals surface area contributed by atoms with E-state index in [0.717, 1.165) is 35.7 Å². The molecule has 1 unspecified atom stereocenters. The lowest BCUT2D eigenvalue weighted by molar-refractivity contribution is 0.0533. The van der Waals surface area contributed by atoms with Gasteiger partial charge in [-0.05, 0) is 37.1 Å². The Kier molecular flexibility index (Phi) is 7.77. The van der Waals surface area contributed by atoms with Crippen molar-refractivity contribution in [3.8, 4) is 11.5 Å². The van der Waals surface area contributed by atoms with E-state index < -0.39 is 0 Å². The molecule has 2 saturated heterocycles. The summed E-state index contributed by atoms with van der Waals surface area (Å²) < 4.78 is 16.3. The molecule has 2 aromatic rings. The molecule has 7 nitrogen and oxygen atoms in total. The molecule has 0 aromatic heterocycles. The van der Waals surface area contributed by atoms with Crippen LogP contribution in [0.15, 0.2) is 47.4 Å². The minimum absolute atomic E-state index is 0.0144. The van der Waals surface area contributed by atoms with Crippen molar-refractivity contribution in [2.75, 3.05) is 52.8 Å². The van der Waals surface area contributed by atoms with E-state index >= 15 is 0 Å². The van der Waals surface area contributed by atoms with Crippen LogP contribution in [0.5, 0.6) is 11.5 Å². The SMILES string of the molecule is COc1cc(OC)cc(C(=O)N2CCN(C(=O)c3ccccc3SCC3CCCO3)CC2)c1. The lowest BCUT2D eigenvalue weighted by atomic mass is 10.1. The van der Waals surface area contributed by atoms with Gasteiger partial charge in [-0.25, -0.2) is 0 Å². The van der Waals surface area contributed by atoms with Gasteiger partial charge < -0.3 is 24.0 Å². The summed E-state index contributed by atoms with van der Waals surface area (Å²) in [7, 11) is 3.12. The first-order valence-corrected chi connectivity index (χ1v) is 12.2. The maximum Gasteiger partial charge on any atom is 0.255 e. The number of ether oxygens (including phenoxy) is 3. The van der Waals surface area contributed by atoms with Crippen molar-refractivity contribution in [3.05, 3.63) is 53.6 Å². The Morgan fingerprint density at radius 1 is 0.970 bits per heavy atom. The van der Waals surface area contributed by atoms with Crippen molar-refractivity contribution in [2.45, 2.75) is 23.8 Å². The quantitative estimate of drug-likeness (QED) is 0.577. The number of rotatable bonds is 7. The number of benzene rings is 2. The van der Waals surface area contributed by atoms with Gasteiger partial charge in [0.15, 0.2) is 0 Å². The Balaban J connectivity index is 1.38. The Morgan fingerprint density at radius 2 is 1.61 bits per heavy atom. The van der Waals surface area contributed by atoms with Gasteiger partial charge in [0.1, 0.15) is 11.5 Å². The Labute approximate surface area is 199 Å². The van der Waals surface area contributed by atoms with Crippen molar-refractivity contribution in [1.82, 2.24) is 9.80 Å². The number of amides is 2. The summed E-state index contributed by atoms with van der Waals surface area (Å²) in [4.78, 5) is 30.9. The molecular formula is C25H30N2O5S. The molecule has 1 atom stereocenters. The van der Waals surface area contributed by atoms with E-state index in [0.29, 0.717) is 43.2 Å². The minimum atomic E-state index is -0.0909. The van der Waals surface area contributed by atoms with Gasteiger partial charge >= 0.3 is 0 Å². The molecule has 2 amide bonds. The fraction of sp³-hybridized carbons (Fsp3) is 0.440. The normalized spacial score (nSPS) is 18.3. The Bertz CT molecular complexity index is 962. The smallest absolute Gasteiger partial charge is 0.255 e. The maximum absolute atomic E-state index is 13.3. The van der Waals surface area contributed by atoms with E-state index in [1.54, 1.807) is 49.1 Å². The van der Waals surface area contributed by atoms with Crippen molar-refractivity contribution >= 4 is 23.6 Å². The van der Waals surface area contributed by atoms with Crippen molar-refractivity contribution in [3.63, 3.8) is 0 Å². The van der Waals surface area contributed by atoms with Gasteiger partial charge in [0.05, 0.1) is 25.9 Å². The van der Waals surface area contributed by atoms with Crippen molar-refractivity contribution in [1.29, 1.82) is 0 Å². The number of carbonyl (C=O) groups excluding carboxylic acids is 2. The fourth-order valence-corrected chi connectivity index (χ4v) is 5.24. The van der Waals surface area contributed by atoms with Crippen LogP contribution < -0.4 is 9.47 Å². The maximum atomic E-state index is 13.3. The number of piperazine rings is 1. The molecule has 0 N–H and O–H groups in total. The van der Waals surface area contributed by atoms with Gasteiger partial charge in [-0.1, -0.05) is 12.1 Å². The molecule has 176 valence electrons. The topological polar surface area (TPSA) is 68.3 Å². The van der Waals surface area contributed by atoms with E-state index in [-0.39, 0.29) is 17.9 Å². The van der Waals surface area contributed by atoms with Crippen molar-refractivity contribution < 1.29 is 23.8 Å². The van der Waals surface area contributed by atoms with Crippen LogP contribution in [0.2, 0.25) is 0 Å². The van der Waals surface area contributed by atoms with E-state index in [1.807, 2.05) is 29.2 Å². The van der Waals surface area contributed by atoms with Gasteiger partial charge in [-0.3, -0.25) is 9.59 Å². The van der Waals surface area contributed by atoms with Gasteiger partial charge in [0.2, 0.25) is 0 Å². The van der Waals surface area contributed by atoms with Crippen LogP contribution in [0.3, 0.4) is 0 Å². The number of methoxy groups -OCH3 is 2. The first kappa shape index (κ1) is 23.4. The predicted octanol–water partition coefficient (Wildman–Crippen LogP) is 3.57. The van der Waals surface area contributed by atoms with E-state index in [2.05, 4.69) is 0 Å². The molecule has 2 fully saturated rings. The highest BCUT2D eigenvalue weighted by atomic mass is 32.2. The second kappa shape index (κ2) is 10.9. The molecular weight excluding hydrogens is 440 g/mol. The molecule has 0 aliphatic carbocycles. The first-order chi connectivity index (χ1) is 16.1. The number of thioether (sulfide) groups is 1. The van der Waals surface area contributed by atoms with Gasteiger partial charge in [-0.2, -0.15) is 0 Å². The van der Waals surface area contributed by atoms with Crippen LogP contribution in [-0.2, 0) is 4.74 Å². The average Bonchev–Trinajstić information content (AvgIpc) is 3.40. The van der Waals surface area contributed by atoms with Crippen LogP contribution >= 0.6 is 11.8 Å². The average molecular weight is 471 g/mol. The third-order valence-corrected chi connectivity index (χ3v) is 7.22. The first-order valence-electron chi connectivity index (χ1n) is 11.2. The summed E-state index contributed by atoms with van der Waals surface area (Å²) in [6, 6.07) is 12.9. The number of hydrogen-bond donors (Lipinski definition) is 0. The molecule has 2 heterocycles. The molecule has 33 heavy (non-hydrogen) atoms. The standard InChI is InChI=1S/C25H30N2O5S/c1-30-20-14-18(15-21(16-20)31-2)24(28)26-9-11-27(12-10-26)25(29)22-7-3-4-8-23(22)33-17-19-6-5-13-32-19/h3-4,7-8,14-16,19H,5-6,9-13,17H2,1-2H3. The van der Waals surface area contributed by atoms with E-state index in [1.165, 1.54) is 0 Å². The molecule has 4 rings (SSSR count). The van der Waals surface area contributed by atoms with E-state index in [4.69, 9.17) is 14.2 Å². The van der Waals surface area contributed by atoms with Crippen molar-refractivity contribution in [2.24, 2.45) is 0 Å². The summed E-state index contributed by atoms with van der Waals surface area (Å²) >= 11 is 1.69. The highest BCUT2D eigenvalue weighted by Gasteiger charge is 2.27. The monoisotopic (exact) mass is 470 g/mol. The Hall–Kier alpha value is -2.71. The number of nitrogens with zero attached hydrogens (tertiary/aromatic N) is 2. The largest absolute Gasteiger partial charge is 0.497 e. The molecule has 2 aliphatic heterocycles. The second-order valence-corrected chi connectivity index (χ2v) is 9.19. The third-order valence-electron chi connectivity index (χ3n) is 6.02. The zero-order valence-electron chi connectivity index (χ0n) is 19.1. The predicted molar refractivity (Wildman–Crippen MR) is 127 cm³/mol. The molecule has 2 aliphatic rings. The summed E-state index contributed by atoms with van der Waals surface area (Å²) in [5.74, 6) is 1.93. The molecule has 0 radical (unpaired) electrons. The molecule has 8 heteroatoms. The van der Waals surface area contributed by atoms with Crippen LogP contribution in [0.25, 0.3) is 0 Å². The highest BCUT2D eigenvalue weighted by molar-refractivity contribution is 7.99. The second-order valence-electron chi connectivity index (χ2n) is 8.13.